The molecule has 0 radical (unpaired) electrons. The summed E-state index contributed by atoms with van der Waals surface area (Å²) in [6.45, 7) is 10.6. The summed E-state index contributed by atoms with van der Waals surface area (Å²) >= 11 is 0. The third kappa shape index (κ3) is 3.34. The van der Waals surface area contributed by atoms with Gasteiger partial charge in [0.1, 0.15) is 0 Å². The third-order valence-corrected chi connectivity index (χ3v) is 5.41. The molecule has 1 amide bonds. The van der Waals surface area contributed by atoms with E-state index < -0.39 is 0 Å². The van der Waals surface area contributed by atoms with E-state index in [-0.39, 0.29) is 12.0 Å². The van der Waals surface area contributed by atoms with Gasteiger partial charge in [-0.05, 0) is 44.7 Å². The largest absolute Gasteiger partial charge is 0.341 e. The molecule has 0 aromatic rings. The quantitative estimate of drug-likeness (QED) is 0.853. The first-order valence-electron chi connectivity index (χ1n) is 8.35. The van der Waals surface area contributed by atoms with E-state index in [9.17, 15) is 4.79 Å². The Kier molecular flexibility index (Phi) is 5.44. The van der Waals surface area contributed by atoms with Crippen LogP contribution in [0.1, 0.15) is 46.5 Å². The van der Waals surface area contributed by atoms with Crippen molar-refractivity contribution in [2.45, 2.75) is 58.5 Å². The average molecular weight is 281 g/mol. The Morgan fingerprint density at radius 2 is 1.95 bits per heavy atom. The monoisotopic (exact) mass is 281 g/mol. The van der Waals surface area contributed by atoms with Crippen LogP contribution in [-0.2, 0) is 4.79 Å². The molecule has 2 aliphatic rings. The van der Waals surface area contributed by atoms with Gasteiger partial charge in [0, 0.05) is 31.1 Å². The summed E-state index contributed by atoms with van der Waals surface area (Å²) in [5, 5.41) is 0. The number of hydrogen-bond acceptors (Lipinski definition) is 3. The van der Waals surface area contributed by atoms with Crippen molar-refractivity contribution in [3.8, 4) is 0 Å². The molecule has 2 rings (SSSR count). The van der Waals surface area contributed by atoms with Gasteiger partial charge in [-0.25, -0.2) is 0 Å². The number of nitrogens with two attached hydrogens (primary N) is 1. The van der Waals surface area contributed by atoms with Crippen molar-refractivity contribution in [2.75, 3.05) is 26.2 Å². The normalized spacial score (nSPS) is 34.8. The van der Waals surface area contributed by atoms with Crippen LogP contribution in [0, 0.1) is 11.8 Å². The summed E-state index contributed by atoms with van der Waals surface area (Å²) in [6, 6.07) is 0.768. The van der Waals surface area contributed by atoms with E-state index in [0.717, 1.165) is 51.9 Å². The Bertz CT molecular complexity index is 330. The molecular weight excluding hydrogens is 250 g/mol. The van der Waals surface area contributed by atoms with Crippen LogP contribution in [0.2, 0.25) is 0 Å². The topological polar surface area (TPSA) is 49.6 Å². The minimum atomic E-state index is 0.177. The van der Waals surface area contributed by atoms with Crippen LogP contribution in [0.5, 0.6) is 0 Å². The number of likely N-dealkylation sites (tertiary alicyclic amines) is 1. The van der Waals surface area contributed by atoms with Crippen molar-refractivity contribution >= 4 is 5.91 Å². The maximum Gasteiger partial charge on any atom is 0.225 e. The van der Waals surface area contributed by atoms with Crippen LogP contribution >= 0.6 is 0 Å². The lowest BCUT2D eigenvalue weighted by Crippen LogP contribution is -2.44. The minimum Gasteiger partial charge on any atom is -0.341 e. The van der Waals surface area contributed by atoms with Gasteiger partial charge in [-0.1, -0.05) is 20.8 Å². The van der Waals surface area contributed by atoms with Crippen LogP contribution in [0.25, 0.3) is 0 Å². The second kappa shape index (κ2) is 6.90. The fourth-order valence-electron chi connectivity index (χ4n) is 3.82. The number of amides is 1. The van der Waals surface area contributed by atoms with Crippen molar-refractivity contribution in [3.05, 3.63) is 0 Å². The number of nitrogens with zero attached hydrogens (tertiary/aromatic N) is 2. The van der Waals surface area contributed by atoms with Crippen molar-refractivity contribution in [2.24, 2.45) is 17.6 Å². The number of rotatable bonds is 4. The van der Waals surface area contributed by atoms with Gasteiger partial charge in [-0.15, -0.1) is 0 Å². The van der Waals surface area contributed by atoms with Gasteiger partial charge in [0.25, 0.3) is 0 Å². The number of carbonyl (C=O) groups excluding carboxylic acids is 1. The van der Waals surface area contributed by atoms with Gasteiger partial charge in [0.05, 0.1) is 0 Å². The summed E-state index contributed by atoms with van der Waals surface area (Å²) in [5.41, 5.74) is 6.14. The molecule has 0 spiro atoms. The van der Waals surface area contributed by atoms with Gasteiger partial charge in [0.2, 0.25) is 5.91 Å². The van der Waals surface area contributed by atoms with Crippen LogP contribution in [0.4, 0.5) is 0 Å². The zero-order valence-electron chi connectivity index (χ0n) is 13.3. The van der Waals surface area contributed by atoms with E-state index in [0.29, 0.717) is 17.9 Å². The molecule has 4 unspecified atom stereocenters. The molecule has 1 saturated heterocycles. The minimum absolute atomic E-state index is 0.177. The average Bonchev–Trinajstić information content (AvgIpc) is 2.92. The maximum atomic E-state index is 12.6. The highest BCUT2D eigenvalue weighted by Gasteiger charge is 2.35. The molecule has 0 aromatic carbocycles. The van der Waals surface area contributed by atoms with Gasteiger partial charge in [-0.2, -0.15) is 0 Å². The summed E-state index contributed by atoms with van der Waals surface area (Å²) < 4.78 is 0. The molecule has 4 heteroatoms. The zero-order chi connectivity index (χ0) is 14.7. The highest BCUT2D eigenvalue weighted by atomic mass is 16.2. The van der Waals surface area contributed by atoms with E-state index in [2.05, 4.69) is 30.6 Å². The lowest BCUT2D eigenvalue weighted by Gasteiger charge is -2.33. The third-order valence-electron chi connectivity index (χ3n) is 5.41. The van der Waals surface area contributed by atoms with Crippen molar-refractivity contribution in [1.29, 1.82) is 0 Å². The zero-order valence-corrected chi connectivity index (χ0v) is 13.3. The lowest BCUT2D eigenvalue weighted by molar-refractivity contribution is -0.136. The summed E-state index contributed by atoms with van der Waals surface area (Å²) in [4.78, 5) is 17.2. The van der Waals surface area contributed by atoms with Crippen LogP contribution in [0.3, 0.4) is 0 Å². The fraction of sp³-hybridized carbons (Fsp3) is 0.938. The van der Waals surface area contributed by atoms with Crippen molar-refractivity contribution in [3.63, 3.8) is 0 Å². The molecule has 4 nitrogen and oxygen atoms in total. The molecule has 2 fully saturated rings. The molecule has 116 valence electrons. The second-order valence-electron chi connectivity index (χ2n) is 6.60. The van der Waals surface area contributed by atoms with E-state index in [1.807, 2.05) is 0 Å². The van der Waals surface area contributed by atoms with E-state index >= 15 is 0 Å². The molecule has 2 N–H and O–H groups in total. The standard InChI is InChI=1S/C16H31N3O/c1-4-18(5-2)14-8-9-19(11-14)16(20)13-7-6-12(3)15(17)10-13/h12-15H,4-11,17H2,1-3H3. The first kappa shape index (κ1) is 15.8. The molecule has 1 saturated carbocycles. The smallest absolute Gasteiger partial charge is 0.225 e. The molecule has 20 heavy (non-hydrogen) atoms. The maximum absolute atomic E-state index is 12.6. The van der Waals surface area contributed by atoms with Crippen LogP contribution in [0.15, 0.2) is 0 Å². The van der Waals surface area contributed by atoms with E-state index in [1.165, 1.54) is 0 Å². The molecule has 0 aromatic heterocycles. The first-order chi connectivity index (χ1) is 9.56. The van der Waals surface area contributed by atoms with Crippen molar-refractivity contribution < 1.29 is 4.79 Å². The first-order valence-corrected chi connectivity index (χ1v) is 8.35. The molecule has 4 atom stereocenters. The Hall–Kier alpha value is -0.610. The predicted octanol–water partition coefficient (Wildman–Crippen LogP) is 1.69. The van der Waals surface area contributed by atoms with Crippen molar-refractivity contribution in [1.82, 2.24) is 9.80 Å². The van der Waals surface area contributed by atoms with E-state index in [4.69, 9.17) is 5.73 Å². The number of carbonyl (C=O) groups is 1. The predicted molar refractivity (Wildman–Crippen MR) is 82.4 cm³/mol. The van der Waals surface area contributed by atoms with Gasteiger partial charge < -0.3 is 10.6 Å². The molecular formula is C16H31N3O. The Labute approximate surface area is 123 Å². The number of hydrogen-bond donors (Lipinski definition) is 1. The highest BCUT2D eigenvalue weighted by Crippen LogP contribution is 2.30. The molecule has 1 heterocycles. The Balaban J connectivity index is 1.88. The lowest BCUT2D eigenvalue weighted by atomic mass is 9.79. The fourth-order valence-corrected chi connectivity index (χ4v) is 3.82. The number of likely N-dealkylation sites (N-methyl/N-ethyl adjacent to an activating group) is 1. The Morgan fingerprint density at radius 3 is 2.55 bits per heavy atom. The second-order valence-corrected chi connectivity index (χ2v) is 6.60. The summed E-state index contributed by atoms with van der Waals surface area (Å²) in [5.74, 6) is 1.11. The summed E-state index contributed by atoms with van der Waals surface area (Å²) in [6.07, 6.45) is 4.14. The van der Waals surface area contributed by atoms with Gasteiger partial charge in [-0.3, -0.25) is 9.69 Å². The van der Waals surface area contributed by atoms with Gasteiger partial charge in [0.15, 0.2) is 0 Å². The molecule has 1 aliphatic carbocycles. The van der Waals surface area contributed by atoms with E-state index in [1.54, 1.807) is 0 Å². The summed E-state index contributed by atoms with van der Waals surface area (Å²) in [7, 11) is 0. The molecule has 1 aliphatic heterocycles. The highest BCUT2D eigenvalue weighted by molar-refractivity contribution is 5.79. The van der Waals surface area contributed by atoms with Crippen LogP contribution in [-0.4, -0.2) is 54.0 Å². The Morgan fingerprint density at radius 1 is 1.25 bits per heavy atom. The SMILES string of the molecule is CCN(CC)C1CCN(C(=O)C2CCC(C)C(N)C2)C1. The van der Waals surface area contributed by atoms with Crippen LogP contribution < -0.4 is 5.73 Å². The molecule has 0 bridgehead atoms. The van der Waals surface area contributed by atoms with Gasteiger partial charge >= 0.3 is 0 Å².